The van der Waals surface area contributed by atoms with Crippen LogP contribution in [0, 0.1) is 0 Å². The van der Waals surface area contributed by atoms with Crippen molar-refractivity contribution in [1.29, 1.82) is 0 Å². The monoisotopic (exact) mass is 417 g/mol. The predicted molar refractivity (Wildman–Crippen MR) is 100 cm³/mol. The van der Waals surface area contributed by atoms with Crippen molar-refractivity contribution in [3.05, 3.63) is 58.6 Å². The first kappa shape index (κ1) is 17.5. The van der Waals surface area contributed by atoms with Crippen molar-refractivity contribution in [3.8, 4) is 11.5 Å². The van der Waals surface area contributed by atoms with E-state index in [9.17, 15) is 4.79 Å². The van der Waals surface area contributed by atoms with Gasteiger partial charge in [0.1, 0.15) is 11.5 Å². The second kappa shape index (κ2) is 7.39. The van der Waals surface area contributed by atoms with E-state index in [-0.39, 0.29) is 5.91 Å². The Morgan fingerprint density at radius 1 is 1.04 bits per heavy atom. The Labute approximate surface area is 161 Å². The van der Waals surface area contributed by atoms with E-state index in [0.717, 1.165) is 4.47 Å². The summed E-state index contributed by atoms with van der Waals surface area (Å²) in [6, 6.07) is 14.9. The molecule has 2 aromatic rings. The maximum Gasteiger partial charge on any atom is 0.257 e. The molecule has 2 saturated heterocycles. The third-order valence-electron chi connectivity index (χ3n) is 4.77. The van der Waals surface area contributed by atoms with Crippen LogP contribution in [-0.2, 0) is 9.47 Å². The van der Waals surface area contributed by atoms with Crippen molar-refractivity contribution in [1.82, 2.24) is 4.90 Å². The number of piperidine rings is 1. The molecule has 1 amide bonds. The van der Waals surface area contributed by atoms with Gasteiger partial charge in [-0.15, -0.1) is 0 Å². The van der Waals surface area contributed by atoms with Crippen molar-refractivity contribution in [2.75, 3.05) is 26.3 Å². The fourth-order valence-electron chi connectivity index (χ4n) is 3.40. The maximum atomic E-state index is 13.0. The van der Waals surface area contributed by atoms with Gasteiger partial charge in [0.25, 0.3) is 5.91 Å². The quantitative estimate of drug-likeness (QED) is 0.749. The fraction of sp³-hybridized carbons (Fsp3) is 0.350. The minimum atomic E-state index is -0.483. The van der Waals surface area contributed by atoms with Crippen molar-refractivity contribution in [3.63, 3.8) is 0 Å². The summed E-state index contributed by atoms with van der Waals surface area (Å²) >= 11 is 3.44. The van der Waals surface area contributed by atoms with E-state index in [2.05, 4.69) is 15.9 Å². The van der Waals surface area contributed by atoms with Gasteiger partial charge < -0.3 is 19.1 Å². The Bertz CT molecular complexity index is 794. The van der Waals surface area contributed by atoms with E-state index in [4.69, 9.17) is 14.2 Å². The molecule has 2 aliphatic rings. The zero-order valence-corrected chi connectivity index (χ0v) is 15.9. The van der Waals surface area contributed by atoms with Gasteiger partial charge in [-0.25, -0.2) is 0 Å². The van der Waals surface area contributed by atoms with E-state index in [1.165, 1.54) is 0 Å². The first-order chi connectivity index (χ1) is 12.7. The van der Waals surface area contributed by atoms with Crippen LogP contribution in [-0.4, -0.2) is 42.9 Å². The maximum absolute atomic E-state index is 13.0. The number of nitrogens with zero attached hydrogens (tertiary/aromatic N) is 1. The van der Waals surface area contributed by atoms with Gasteiger partial charge >= 0.3 is 0 Å². The Morgan fingerprint density at radius 3 is 2.50 bits per heavy atom. The molecule has 2 heterocycles. The van der Waals surface area contributed by atoms with E-state index in [0.29, 0.717) is 56.2 Å². The summed E-state index contributed by atoms with van der Waals surface area (Å²) in [6.45, 7) is 2.50. The molecular formula is C20H20BrNO4. The van der Waals surface area contributed by atoms with Crippen LogP contribution in [0.4, 0.5) is 0 Å². The molecule has 0 radical (unpaired) electrons. The highest BCUT2D eigenvalue weighted by molar-refractivity contribution is 9.10. The van der Waals surface area contributed by atoms with E-state index >= 15 is 0 Å². The minimum Gasteiger partial charge on any atom is -0.456 e. The summed E-state index contributed by atoms with van der Waals surface area (Å²) in [7, 11) is 0. The lowest BCUT2D eigenvalue weighted by molar-refractivity contribution is -0.181. The highest BCUT2D eigenvalue weighted by Crippen LogP contribution is 2.33. The van der Waals surface area contributed by atoms with E-state index in [1.54, 1.807) is 0 Å². The first-order valence-corrected chi connectivity index (χ1v) is 9.54. The number of ether oxygens (including phenoxy) is 3. The molecule has 26 heavy (non-hydrogen) atoms. The van der Waals surface area contributed by atoms with Gasteiger partial charge in [0.2, 0.25) is 0 Å². The molecule has 0 unspecified atom stereocenters. The highest BCUT2D eigenvalue weighted by Gasteiger charge is 2.41. The smallest absolute Gasteiger partial charge is 0.257 e. The second-order valence-electron chi connectivity index (χ2n) is 6.46. The van der Waals surface area contributed by atoms with Gasteiger partial charge in [-0.2, -0.15) is 0 Å². The first-order valence-electron chi connectivity index (χ1n) is 8.75. The molecule has 0 N–H and O–H groups in total. The lowest BCUT2D eigenvalue weighted by Gasteiger charge is -2.37. The zero-order valence-electron chi connectivity index (χ0n) is 14.3. The van der Waals surface area contributed by atoms with Crippen molar-refractivity contribution < 1.29 is 19.0 Å². The lowest BCUT2D eigenvalue weighted by atomic mass is 10.0. The molecule has 0 bridgehead atoms. The van der Waals surface area contributed by atoms with Crippen molar-refractivity contribution >= 4 is 21.8 Å². The number of hydrogen-bond donors (Lipinski definition) is 0. The molecule has 4 rings (SSSR count). The average Bonchev–Trinajstić information content (AvgIpc) is 3.10. The molecule has 1 spiro atoms. The summed E-state index contributed by atoms with van der Waals surface area (Å²) in [5, 5.41) is 0. The molecule has 2 fully saturated rings. The number of hydrogen-bond acceptors (Lipinski definition) is 4. The molecule has 0 saturated carbocycles. The van der Waals surface area contributed by atoms with Crippen LogP contribution >= 0.6 is 15.9 Å². The average molecular weight is 418 g/mol. The van der Waals surface area contributed by atoms with Gasteiger partial charge in [0.15, 0.2) is 5.79 Å². The van der Waals surface area contributed by atoms with Gasteiger partial charge in [-0.3, -0.25) is 4.79 Å². The van der Waals surface area contributed by atoms with Crippen LogP contribution in [0.2, 0.25) is 0 Å². The number of rotatable bonds is 3. The fourth-order valence-corrected chi connectivity index (χ4v) is 3.77. The van der Waals surface area contributed by atoms with Gasteiger partial charge in [0, 0.05) is 30.4 Å². The number of carbonyl (C=O) groups is 1. The lowest BCUT2D eigenvalue weighted by Crippen LogP contribution is -2.47. The van der Waals surface area contributed by atoms with Crippen LogP contribution in [0.5, 0.6) is 11.5 Å². The molecule has 0 atom stereocenters. The molecule has 2 aliphatic heterocycles. The van der Waals surface area contributed by atoms with Crippen LogP contribution < -0.4 is 4.74 Å². The second-order valence-corrected chi connectivity index (χ2v) is 7.37. The Kier molecular flexibility index (Phi) is 4.98. The Morgan fingerprint density at radius 2 is 1.77 bits per heavy atom. The van der Waals surface area contributed by atoms with Crippen LogP contribution in [0.1, 0.15) is 23.2 Å². The normalized spacial score (nSPS) is 18.9. The molecule has 5 nitrogen and oxygen atoms in total. The highest BCUT2D eigenvalue weighted by atomic mass is 79.9. The van der Waals surface area contributed by atoms with Gasteiger partial charge in [-0.05, 0) is 30.3 Å². The van der Waals surface area contributed by atoms with E-state index < -0.39 is 5.79 Å². The van der Waals surface area contributed by atoms with Crippen LogP contribution in [0.3, 0.4) is 0 Å². The Hall–Kier alpha value is -1.89. The SMILES string of the molecule is O=C(c1ccccc1Oc1cccc(Br)c1)N1CCC2(CC1)OCCO2. The molecule has 6 heteroatoms. The molecule has 0 aromatic heterocycles. The summed E-state index contributed by atoms with van der Waals surface area (Å²) in [6.07, 6.45) is 1.40. The third kappa shape index (κ3) is 3.63. The number of para-hydroxylation sites is 1. The minimum absolute atomic E-state index is 0.0246. The van der Waals surface area contributed by atoms with Crippen LogP contribution in [0.25, 0.3) is 0 Å². The summed E-state index contributed by atoms with van der Waals surface area (Å²) in [5.41, 5.74) is 0.566. The molecule has 136 valence electrons. The molecule has 2 aromatic carbocycles. The molecular weight excluding hydrogens is 398 g/mol. The summed E-state index contributed by atoms with van der Waals surface area (Å²) < 4.78 is 18.4. The number of amides is 1. The number of benzene rings is 2. The third-order valence-corrected chi connectivity index (χ3v) is 5.26. The summed E-state index contributed by atoms with van der Waals surface area (Å²) in [5.74, 6) is 0.737. The number of carbonyl (C=O) groups excluding carboxylic acids is 1. The number of halogens is 1. The standard InChI is InChI=1S/C20H20BrNO4/c21-15-4-3-5-16(14-15)26-18-7-2-1-6-17(18)19(23)22-10-8-20(9-11-22)24-12-13-25-20/h1-7,14H,8-13H2. The topological polar surface area (TPSA) is 48.0 Å². The number of likely N-dealkylation sites (tertiary alicyclic amines) is 1. The van der Waals surface area contributed by atoms with E-state index in [1.807, 2.05) is 53.4 Å². The van der Waals surface area contributed by atoms with Crippen molar-refractivity contribution in [2.45, 2.75) is 18.6 Å². The zero-order chi connectivity index (χ0) is 18.0. The van der Waals surface area contributed by atoms with Crippen LogP contribution in [0.15, 0.2) is 53.0 Å². The van der Waals surface area contributed by atoms with Gasteiger partial charge in [-0.1, -0.05) is 34.1 Å². The van der Waals surface area contributed by atoms with Gasteiger partial charge in [0.05, 0.1) is 18.8 Å². The molecule has 0 aliphatic carbocycles. The van der Waals surface area contributed by atoms with Crippen molar-refractivity contribution in [2.24, 2.45) is 0 Å². The largest absolute Gasteiger partial charge is 0.456 e. The predicted octanol–water partition coefficient (Wildman–Crippen LogP) is 4.22. The Balaban J connectivity index is 1.50. The summed E-state index contributed by atoms with van der Waals surface area (Å²) in [4.78, 5) is 14.9.